The fourth-order valence-electron chi connectivity index (χ4n) is 1.82. The van der Waals surface area contributed by atoms with Crippen molar-refractivity contribution in [3.63, 3.8) is 0 Å². The number of anilines is 1. The molecule has 0 fully saturated rings. The molecule has 2 aromatic rings. The quantitative estimate of drug-likeness (QED) is 0.666. The highest BCUT2D eigenvalue weighted by Gasteiger charge is 2.13. The van der Waals surface area contributed by atoms with Gasteiger partial charge in [-0.2, -0.15) is 0 Å². The second-order valence-corrected chi connectivity index (χ2v) is 4.58. The van der Waals surface area contributed by atoms with Crippen molar-refractivity contribution >= 4 is 17.4 Å². The molecule has 0 aliphatic heterocycles. The van der Waals surface area contributed by atoms with Crippen LogP contribution in [-0.2, 0) is 0 Å². The Hall–Kier alpha value is -2.83. The molecular formula is C14H15N3O4. The van der Waals surface area contributed by atoms with E-state index in [2.05, 4.69) is 10.6 Å². The Morgan fingerprint density at radius 2 is 2.10 bits per heavy atom. The van der Waals surface area contributed by atoms with E-state index in [1.165, 1.54) is 18.2 Å². The number of nitrogens with one attached hydrogen (secondary N) is 2. The number of non-ortho nitro benzene ring substituents is 1. The van der Waals surface area contributed by atoms with Gasteiger partial charge in [0, 0.05) is 17.8 Å². The third-order valence-corrected chi connectivity index (χ3v) is 2.85. The number of rotatable bonds is 4. The third-order valence-electron chi connectivity index (χ3n) is 2.85. The van der Waals surface area contributed by atoms with Gasteiger partial charge >= 0.3 is 6.03 Å². The smallest absolute Gasteiger partial charge is 0.319 e. The summed E-state index contributed by atoms with van der Waals surface area (Å²) in [5, 5.41) is 15.9. The molecule has 2 N–H and O–H groups in total. The second-order valence-electron chi connectivity index (χ2n) is 4.58. The van der Waals surface area contributed by atoms with E-state index in [0.29, 0.717) is 11.4 Å². The Morgan fingerprint density at radius 1 is 1.33 bits per heavy atom. The minimum Gasteiger partial charge on any atom is -0.464 e. The first-order valence-corrected chi connectivity index (χ1v) is 6.34. The molecule has 0 saturated carbocycles. The molecule has 0 aliphatic rings. The average Bonchev–Trinajstić information content (AvgIpc) is 2.85. The van der Waals surface area contributed by atoms with Gasteiger partial charge in [-0.3, -0.25) is 10.1 Å². The Bertz CT molecular complexity index is 666. The number of aryl methyl sites for hydroxylation is 1. The number of nitro groups is 1. The summed E-state index contributed by atoms with van der Waals surface area (Å²) in [5.74, 6) is 1.40. The number of nitrogens with zero attached hydrogens (tertiary/aromatic N) is 1. The van der Waals surface area contributed by atoms with Gasteiger partial charge in [0.2, 0.25) is 0 Å². The molecule has 2 rings (SSSR count). The number of benzene rings is 1. The van der Waals surface area contributed by atoms with Gasteiger partial charge in [-0.15, -0.1) is 0 Å². The highest BCUT2D eigenvalue weighted by molar-refractivity contribution is 5.89. The van der Waals surface area contributed by atoms with Crippen LogP contribution < -0.4 is 10.6 Å². The van der Waals surface area contributed by atoms with E-state index in [1.807, 2.05) is 13.0 Å². The summed E-state index contributed by atoms with van der Waals surface area (Å²) in [4.78, 5) is 22.0. The predicted octanol–water partition coefficient (Wildman–Crippen LogP) is 3.38. The zero-order valence-corrected chi connectivity index (χ0v) is 11.6. The van der Waals surface area contributed by atoms with Crippen LogP contribution in [0.5, 0.6) is 0 Å². The summed E-state index contributed by atoms with van der Waals surface area (Å²) < 4.78 is 5.42. The van der Waals surface area contributed by atoms with Crippen LogP contribution in [-0.4, -0.2) is 11.0 Å². The van der Waals surface area contributed by atoms with E-state index in [-0.39, 0.29) is 11.7 Å². The zero-order chi connectivity index (χ0) is 15.4. The summed E-state index contributed by atoms with van der Waals surface area (Å²) in [6.45, 7) is 3.60. The lowest BCUT2D eigenvalue weighted by Gasteiger charge is -2.12. The SMILES string of the molecule is Cc1ccc(C(C)NC(=O)Nc2cccc([N+](=O)[O-])c2)o1. The minimum absolute atomic E-state index is 0.0810. The first kappa shape index (κ1) is 14.6. The monoisotopic (exact) mass is 289 g/mol. The van der Waals surface area contributed by atoms with Crippen molar-refractivity contribution in [3.05, 3.63) is 58.0 Å². The van der Waals surface area contributed by atoms with Crippen LogP contribution in [0.25, 0.3) is 0 Å². The second kappa shape index (κ2) is 6.08. The molecule has 0 radical (unpaired) electrons. The lowest BCUT2D eigenvalue weighted by Crippen LogP contribution is -2.30. The predicted molar refractivity (Wildman–Crippen MR) is 77.1 cm³/mol. The van der Waals surface area contributed by atoms with Crippen molar-refractivity contribution in [1.82, 2.24) is 5.32 Å². The molecule has 7 nitrogen and oxygen atoms in total. The van der Waals surface area contributed by atoms with Gasteiger partial charge in [0.1, 0.15) is 11.5 Å². The molecule has 0 spiro atoms. The van der Waals surface area contributed by atoms with Crippen LogP contribution >= 0.6 is 0 Å². The highest BCUT2D eigenvalue weighted by Crippen LogP contribution is 2.18. The van der Waals surface area contributed by atoms with Crippen LogP contribution in [0.3, 0.4) is 0 Å². The van der Waals surface area contributed by atoms with Crippen LogP contribution in [0.4, 0.5) is 16.2 Å². The van der Waals surface area contributed by atoms with Gasteiger partial charge in [0.15, 0.2) is 0 Å². The van der Waals surface area contributed by atoms with E-state index in [1.54, 1.807) is 19.1 Å². The number of carbonyl (C=O) groups excluding carboxylic acids is 1. The van der Waals surface area contributed by atoms with E-state index in [0.717, 1.165) is 5.76 Å². The number of amides is 2. The van der Waals surface area contributed by atoms with Crippen molar-refractivity contribution in [2.24, 2.45) is 0 Å². The van der Waals surface area contributed by atoms with Crippen molar-refractivity contribution in [2.45, 2.75) is 19.9 Å². The first-order chi connectivity index (χ1) is 9.95. The van der Waals surface area contributed by atoms with Gasteiger partial charge in [-0.25, -0.2) is 4.79 Å². The lowest BCUT2D eigenvalue weighted by molar-refractivity contribution is -0.384. The van der Waals surface area contributed by atoms with Gasteiger partial charge < -0.3 is 15.1 Å². The molecular weight excluding hydrogens is 274 g/mol. The number of furan rings is 1. The molecule has 1 aromatic heterocycles. The molecule has 0 saturated heterocycles. The largest absolute Gasteiger partial charge is 0.464 e. The van der Waals surface area contributed by atoms with E-state index in [4.69, 9.17) is 4.42 Å². The number of carbonyl (C=O) groups is 1. The number of hydrogen-bond donors (Lipinski definition) is 2. The summed E-state index contributed by atoms with van der Waals surface area (Å²) in [6.07, 6.45) is 0. The van der Waals surface area contributed by atoms with Crippen molar-refractivity contribution in [3.8, 4) is 0 Å². The molecule has 7 heteroatoms. The Labute approximate surface area is 121 Å². The van der Waals surface area contributed by atoms with Crippen molar-refractivity contribution in [1.29, 1.82) is 0 Å². The van der Waals surface area contributed by atoms with Crippen molar-refractivity contribution in [2.75, 3.05) is 5.32 Å². The Morgan fingerprint density at radius 3 is 2.71 bits per heavy atom. The van der Waals surface area contributed by atoms with Gasteiger partial charge in [-0.05, 0) is 32.0 Å². The molecule has 1 atom stereocenters. The number of urea groups is 1. The molecule has 1 aromatic carbocycles. The van der Waals surface area contributed by atoms with Crippen LogP contribution in [0.2, 0.25) is 0 Å². The van der Waals surface area contributed by atoms with Gasteiger partial charge in [0.25, 0.3) is 5.69 Å². The standard InChI is InChI=1S/C14H15N3O4/c1-9-6-7-13(21-9)10(2)15-14(18)16-11-4-3-5-12(8-11)17(19)20/h3-8,10H,1-2H3,(H2,15,16,18). The average molecular weight is 289 g/mol. The minimum atomic E-state index is -0.517. The molecule has 21 heavy (non-hydrogen) atoms. The van der Waals surface area contributed by atoms with E-state index in [9.17, 15) is 14.9 Å². The van der Waals surface area contributed by atoms with E-state index >= 15 is 0 Å². The van der Waals surface area contributed by atoms with Crippen LogP contribution in [0.1, 0.15) is 24.5 Å². The normalized spacial score (nSPS) is 11.7. The van der Waals surface area contributed by atoms with Gasteiger partial charge in [-0.1, -0.05) is 6.07 Å². The highest BCUT2D eigenvalue weighted by atomic mass is 16.6. The molecule has 0 bridgehead atoms. The number of nitro benzene ring substituents is 1. The van der Waals surface area contributed by atoms with Crippen LogP contribution in [0, 0.1) is 17.0 Å². The maximum atomic E-state index is 11.9. The zero-order valence-electron chi connectivity index (χ0n) is 11.6. The summed E-state index contributed by atoms with van der Waals surface area (Å²) >= 11 is 0. The summed E-state index contributed by atoms with van der Waals surface area (Å²) in [6, 6.07) is 8.56. The van der Waals surface area contributed by atoms with Gasteiger partial charge in [0.05, 0.1) is 11.0 Å². The molecule has 0 aliphatic carbocycles. The fourth-order valence-corrected chi connectivity index (χ4v) is 1.82. The fraction of sp³-hybridized carbons (Fsp3) is 0.214. The summed E-state index contributed by atoms with van der Waals surface area (Å²) in [7, 11) is 0. The Balaban J connectivity index is 1.98. The molecule has 1 unspecified atom stereocenters. The topological polar surface area (TPSA) is 97.4 Å². The summed E-state index contributed by atoms with van der Waals surface area (Å²) in [5.41, 5.74) is 0.270. The molecule has 2 amide bonds. The Kier molecular flexibility index (Phi) is 4.22. The molecule has 1 heterocycles. The maximum absolute atomic E-state index is 11.9. The maximum Gasteiger partial charge on any atom is 0.319 e. The first-order valence-electron chi connectivity index (χ1n) is 6.34. The molecule has 110 valence electrons. The third kappa shape index (κ3) is 3.82. The number of hydrogen-bond acceptors (Lipinski definition) is 4. The lowest BCUT2D eigenvalue weighted by atomic mass is 10.2. The van der Waals surface area contributed by atoms with Crippen LogP contribution in [0.15, 0.2) is 40.8 Å². The van der Waals surface area contributed by atoms with E-state index < -0.39 is 11.0 Å². The van der Waals surface area contributed by atoms with Crippen molar-refractivity contribution < 1.29 is 14.1 Å².